The summed E-state index contributed by atoms with van der Waals surface area (Å²) in [6.45, 7) is 9.11. The topological polar surface area (TPSA) is 453 Å². The molecule has 4 saturated carbocycles. The first-order valence-electron chi connectivity index (χ1n) is 30.4. The van der Waals surface area contributed by atoms with Crippen molar-refractivity contribution in [2.75, 3.05) is 39.6 Å². The van der Waals surface area contributed by atoms with Gasteiger partial charge < -0.3 is 134 Å². The summed E-state index contributed by atoms with van der Waals surface area (Å²) >= 11 is 0. The largest absolute Gasteiger partial charge is 0.481 e. The van der Waals surface area contributed by atoms with E-state index >= 15 is 0 Å². The standard InChI is InChI=1S/C58H94O28/c1-53(2)30-9-12-56(5)31(8-7-23-24-15-54(3,52(75)76)13-14-58(24,22-61)32(63)16-57(23,56)6)55(30,4)11-10-33(53)84-50-45(86-49-44(74)40(70)36(66)27(18-60)81-49)38(68)29(21-79-50)83-51-46(85-48-42(72)34(64)25(62)19-77-48)41(71)37(67)28(82-51)20-78-47-43(73)39(69)35(65)26(17-59)80-47/h7,24-51,59-74H,8-22H2,1-6H3,(H,75,76)/t24-,25-,26+,27+,28+,29-,30-,31+,32+,33-,34-,35+,36+,37+,38-,39-,40-,41-,42+,43+,44+,45+,46+,47+,48-,49-,50-,51-,54-,55-,56+,57+,58+/m0/s1. The van der Waals surface area contributed by atoms with Crippen LogP contribution in [-0.2, 0) is 52.2 Å². The highest BCUT2D eigenvalue weighted by Crippen LogP contribution is 2.76. The van der Waals surface area contributed by atoms with Gasteiger partial charge in [-0.2, -0.15) is 0 Å². The first-order valence-corrected chi connectivity index (χ1v) is 30.4. The van der Waals surface area contributed by atoms with E-state index in [-0.39, 0.29) is 35.2 Å². The number of fused-ring (bicyclic) bond motifs is 7. The van der Waals surface area contributed by atoms with Gasteiger partial charge in [-0.25, -0.2) is 0 Å². The minimum Gasteiger partial charge on any atom is -0.481 e. The van der Waals surface area contributed by atoms with E-state index in [2.05, 4.69) is 40.7 Å². The molecule has 494 valence electrons. The highest BCUT2D eigenvalue weighted by atomic mass is 16.8. The van der Waals surface area contributed by atoms with Crippen LogP contribution < -0.4 is 0 Å². The second-order valence-corrected chi connectivity index (χ2v) is 28.1. The van der Waals surface area contributed by atoms with E-state index in [0.717, 1.165) is 18.4 Å². The van der Waals surface area contributed by atoms with E-state index in [1.807, 2.05) is 0 Å². The molecule has 5 aliphatic heterocycles. The Morgan fingerprint density at radius 2 is 1.14 bits per heavy atom. The number of carboxylic acid groups (broad SMARTS) is 1. The molecule has 0 aromatic rings. The summed E-state index contributed by atoms with van der Waals surface area (Å²) in [5.74, 6) is -1.12. The number of hydrogen-bond donors (Lipinski definition) is 17. The normalized spacial score (nSPS) is 54.8. The summed E-state index contributed by atoms with van der Waals surface area (Å²) in [7, 11) is 0. The molecule has 0 aromatic carbocycles. The van der Waals surface area contributed by atoms with Crippen LogP contribution in [0.5, 0.6) is 0 Å². The van der Waals surface area contributed by atoms with E-state index in [1.54, 1.807) is 6.92 Å². The summed E-state index contributed by atoms with van der Waals surface area (Å²) in [5, 5.41) is 185. The van der Waals surface area contributed by atoms with Crippen molar-refractivity contribution in [3.05, 3.63) is 11.6 Å². The van der Waals surface area contributed by atoms with Gasteiger partial charge in [0.05, 0.1) is 57.3 Å². The Kier molecular flexibility index (Phi) is 19.4. The number of aliphatic hydroxyl groups excluding tert-OH is 16. The fourth-order valence-corrected chi connectivity index (χ4v) is 17.5. The Bertz CT molecular complexity index is 2390. The van der Waals surface area contributed by atoms with Gasteiger partial charge in [0.25, 0.3) is 0 Å². The highest BCUT2D eigenvalue weighted by molar-refractivity contribution is 5.74. The van der Waals surface area contributed by atoms with Gasteiger partial charge >= 0.3 is 5.97 Å². The van der Waals surface area contributed by atoms with Crippen LogP contribution in [0, 0.1) is 50.2 Å². The van der Waals surface area contributed by atoms with Crippen LogP contribution in [0.3, 0.4) is 0 Å². The molecular formula is C58H94O28. The van der Waals surface area contributed by atoms with E-state index in [0.29, 0.717) is 44.9 Å². The molecule has 5 saturated heterocycles. The Morgan fingerprint density at radius 1 is 0.558 bits per heavy atom. The molecule has 17 N–H and O–H groups in total. The molecule has 0 spiro atoms. The lowest BCUT2D eigenvalue weighted by molar-refractivity contribution is -0.394. The number of allylic oxidation sites excluding steroid dienone is 2. The van der Waals surface area contributed by atoms with Crippen molar-refractivity contribution in [2.24, 2.45) is 50.2 Å². The lowest BCUT2D eigenvalue weighted by Crippen LogP contribution is -2.68. The van der Waals surface area contributed by atoms with E-state index in [4.69, 9.17) is 47.4 Å². The molecule has 0 unspecified atom stereocenters. The molecule has 86 heavy (non-hydrogen) atoms. The van der Waals surface area contributed by atoms with E-state index in [1.165, 1.54) is 0 Å². The molecule has 5 heterocycles. The summed E-state index contributed by atoms with van der Waals surface area (Å²) < 4.78 is 60.5. The van der Waals surface area contributed by atoms with Gasteiger partial charge in [-0.15, -0.1) is 0 Å². The molecule has 0 aromatic heterocycles. The zero-order valence-corrected chi connectivity index (χ0v) is 49.4. The Morgan fingerprint density at radius 3 is 1.78 bits per heavy atom. The van der Waals surface area contributed by atoms with Crippen LogP contribution in [0.2, 0.25) is 0 Å². The van der Waals surface area contributed by atoms with Crippen molar-refractivity contribution in [3.63, 3.8) is 0 Å². The monoisotopic (exact) mass is 1240 g/mol. The number of carboxylic acids is 1. The van der Waals surface area contributed by atoms with Crippen molar-refractivity contribution in [1.82, 2.24) is 0 Å². The predicted octanol–water partition coefficient (Wildman–Crippen LogP) is -4.42. The number of aliphatic hydroxyl groups is 16. The van der Waals surface area contributed by atoms with Gasteiger partial charge in [0.1, 0.15) is 110 Å². The summed E-state index contributed by atoms with van der Waals surface area (Å²) in [4.78, 5) is 12.7. The molecule has 0 bridgehead atoms. The fraction of sp³-hybridized carbons (Fsp3) is 0.948. The molecule has 28 heteroatoms. The molecular weight excluding hydrogens is 1140 g/mol. The maximum atomic E-state index is 12.7. The SMILES string of the molecule is CC1(C)[C@@H](O[C@@H]2OC[C@H](O[C@@H]3O[C@H](CO[C@@H]4O[C@H](CO)[C@@H](O)[C@H](O)[C@H]4O)[C@@H](O)[C@H](O)[C@H]3O[C@@H]3OC[C@H](O)[C@H](O)[C@H]3O)[C@H](O)[C@H]2O[C@@H]2O[C@H](CO)[C@@H](O)[C@H](O)[C@H]2O)CC[C@]2(C)[C@H]3CC=C4[C@@H]5C[C@@](C)(C(=O)O)CC[C@]5(CO)[C@H](O)C[C@@]4(C)[C@]3(C)CC[C@@H]12. The van der Waals surface area contributed by atoms with Crippen LogP contribution in [0.1, 0.15) is 99.3 Å². The number of hydrogen-bond acceptors (Lipinski definition) is 27. The lowest BCUT2D eigenvalue weighted by atomic mass is 9.33. The second-order valence-electron chi connectivity index (χ2n) is 28.1. The van der Waals surface area contributed by atoms with Crippen molar-refractivity contribution < 1.29 is 139 Å². The first kappa shape index (κ1) is 67.1. The molecule has 10 aliphatic rings. The van der Waals surface area contributed by atoms with E-state index in [9.17, 15) is 91.6 Å². The molecule has 28 nitrogen and oxygen atoms in total. The third-order valence-corrected chi connectivity index (χ3v) is 23.2. The van der Waals surface area contributed by atoms with Crippen LogP contribution in [0.15, 0.2) is 11.6 Å². The van der Waals surface area contributed by atoms with Gasteiger partial charge in [-0.05, 0) is 104 Å². The van der Waals surface area contributed by atoms with Crippen molar-refractivity contribution in [1.29, 1.82) is 0 Å². The average Bonchev–Trinajstić information content (AvgIpc) is 0.683. The lowest BCUT2D eigenvalue weighted by Gasteiger charge is -2.72. The highest BCUT2D eigenvalue weighted by Gasteiger charge is 2.71. The molecule has 33 atom stereocenters. The number of rotatable bonds is 15. The summed E-state index contributed by atoms with van der Waals surface area (Å²) in [5.41, 5.74) is -2.59. The fourth-order valence-electron chi connectivity index (χ4n) is 17.5. The van der Waals surface area contributed by atoms with Gasteiger partial charge in [-0.1, -0.05) is 46.3 Å². The number of aliphatic carboxylic acids is 1. The van der Waals surface area contributed by atoms with Crippen molar-refractivity contribution in [3.8, 4) is 0 Å². The van der Waals surface area contributed by atoms with Crippen molar-refractivity contribution >= 4 is 5.97 Å². The molecule has 0 amide bonds. The van der Waals surface area contributed by atoms with Gasteiger partial charge in [0.15, 0.2) is 31.5 Å². The second kappa shape index (κ2) is 24.9. The van der Waals surface area contributed by atoms with Crippen LogP contribution in [0.4, 0.5) is 0 Å². The Labute approximate surface area is 498 Å². The number of ether oxygens (including phenoxy) is 10. The van der Waals surface area contributed by atoms with Gasteiger partial charge in [0.2, 0.25) is 0 Å². The van der Waals surface area contributed by atoms with Crippen LogP contribution in [-0.4, -0.2) is 286 Å². The maximum absolute atomic E-state index is 12.7. The predicted molar refractivity (Wildman–Crippen MR) is 287 cm³/mol. The van der Waals surface area contributed by atoms with Crippen LogP contribution in [0.25, 0.3) is 0 Å². The Balaban J connectivity index is 0.912. The maximum Gasteiger partial charge on any atom is 0.309 e. The first-order chi connectivity index (χ1) is 40.4. The summed E-state index contributed by atoms with van der Waals surface area (Å²) in [6.07, 6.45) is -35.2. The third-order valence-electron chi connectivity index (χ3n) is 23.2. The molecule has 10 rings (SSSR count). The smallest absolute Gasteiger partial charge is 0.309 e. The van der Waals surface area contributed by atoms with Gasteiger partial charge in [-0.3, -0.25) is 4.79 Å². The average molecular weight is 1240 g/mol. The molecule has 5 aliphatic carbocycles. The summed E-state index contributed by atoms with van der Waals surface area (Å²) in [6, 6.07) is 0. The quantitative estimate of drug-likeness (QED) is 0.0543. The van der Waals surface area contributed by atoms with Gasteiger partial charge in [0, 0.05) is 5.41 Å². The van der Waals surface area contributed by atoms with E-state index < -0.39 is 214 Å². The molecule has 9 fully saturated rings. The van der Waals surface area contributed by atoms with Crippen LogP contribution >= 0.6 is 0 Å². The van der Waals surface area contributed by atoms with Crippen molar-refractivity contribution in [2.45, 2.75) is 253 Å². The third kappa shape index (κ3) is 11.1. The Hall–Kier alpha value is -1.83. The zero-order chi connectivity index (χ0) is 62.7. The minimum absolute atomic E-state index is 0.00523. The zero-order valence-electron chi connectivity index (χ0n) is 49.4. The minimum atomic E-state index is -2.05. The number of carbonyl (C=O) groups is 1. The molecule has 0 radical (unpaired) electrons.